The standard InChI is InChI=1S/C24H30N4O2/c1-18-19(2)28(12-7-15-30-3)24(22(18)16-25)26-23(29)17-27-13-10-21(11-14-27)20-8-5-4-6-9-20/h4-6,8-10H,7,11-15,17H2,1-3H3,(H,26,29)/p+1. The molecule has 1 amide bonds. The number of rotatable bonds is 8. The first-order valence-corrected chi connectivity index (χ1v) is 10.5. The predicted molar refractivity (Wildman–Crippen MR) is 118 cm³/mol. The van der Waals surface area contributed by atoms with Gasteiger partial charge in [-0.3, -0.25) is 4.79 Å². The summed E-state index contributed by atoms with van der Waals surface area (Å²) in [5.41, 5.74) is 5.10. The smallest absolute Gasteiger partial charge is 0.280 e. The van der Waals surface area contributed by atoms with Crippen molar-refractivity contribution in [1.82, 2.24) is 4.57 Å². The number of quaternary nitrogens is 1. The van der Waals surface area contributed by atoms with Crippen molar-refractivity contribution in [2.24, 2.45) is 0 Å². The first-order chi connectivity index (χ1) is 14.5. The van der Waals surface area contributed by atoms with Gasteiger partial charge in [-0.1, -0.05) is 30.3 Å². The lowest BCUT2D eigenvalue weighted by molar-refractivity contribution is -0.886. The van der Waals surface area contributed by atoms with Crippen molar-refractivity contribution in [1.29, 1.82) is 5.26 Å². The lowest BCUT2D eigenvalue weighted by Gasteiger charge is -2.23. The van der Waals surface area contributed by atoms with Gasteiger partial charge in [0.05, 0.1) is 18.7 Å². The van der Waals surface area contributed by atoms with Gasteiger partial charge in [0.1, 0.15) is 11.9 Å². The molecule has 6 heteroatoms. The summed E-state index contributed by atoms with van der Waals surface area (Å²) in [7, 11) is 1.68. The molecular formula is C24H31N4O2+. The van der Waals surface area contributed by atoms with Crippen LogP contribution < -0.4 is 10.2 Å². The Morgan fingerprint density at radius 3 is 2.70 bits per heavy atom. The summed E-state index contributed by atoms with van der Waals surface area (Å²) in [5.74, 6) is 0.564. The summed E-state index contributed by atoms with van der Waals surface area (Å²) in [4.78, 5) is 14.0. The molecule has 0 fully saturated rings. The fourth-order valence-electron chi connectivity index (χ4n) is 4.04. The van der Waals surface area contributed by atoms with Crippen LogP contribution in [0.15, 0.2) is 36.4 Å². The van der Waals surface area contributed by atoms with E-state index in [4.69, 9.17) is 4.74 Å². The maximum Gasteiger partial charge on any atom is 0.280 e. The van der Waals surface area contributed by atoms with Crippen LogP contribution in [0.2, 0.25) is 0 Å². The van der Waals surface area contributed by atoms with Gasteiger partial charge < -0.3 is 19.5 Å². The van der Waals surface area contributed by atoms with Crippen LogP contribution in [0.4, 0.5) is 5.82 Å². The van der Waals surface area contributed by atoms with Crippen LogP contribution in [0.25, 0.3) is 5.57 Å². The van der Waals surface area contributed by atoms with E-state index in [-0.39, 0.29) is 5.91 Å². The molecule has 6 nitrogen and oxygen atoms in total. The predicted octanol–water partition coefficient (Wildman–Crippen LogP) is 2.32. The van der Waals surface area contributed by atoms with Crippen molar-refractivity contribution in [2.75, 3.05) is 38.7 Å². The second-order valence-electron chi connectivity index (χ2n) is 7.82. The second-order valence-corrected chi connectivity index (χ2v) is 7.82. The first-order valence-electron chi connectivity index (χ1n) is 10.5. The highest BCUT2D eigenvalue weighted by Gasteiger charge is 2.23. The Labute approximate surface area is 178 Å². The number of nitriles is 1. The van der Waals surface area contributed by atoms with E-state index in [2.05, 4.69) is 41.7 Å². The topological polar surface area (TPSA) is 71.5 Å². The number of methoxy groups -OCH3 is 1. The molecule has 1 aromatic carbocycles. The monoisotopic (exact) mass is 407 g/mol. The Hall–Kier alpha value is -2.88. The highest BCUT2D eigenvalue weighted by molar-refractivity contribution is 5.92. The fraction of sp³-hybridized carbons (Fsp3) is 0.417. The number of carbonyl (C=O) groups is 1. The van der Waals surface area contributed by atoms with Gasteiger partial charge in [0.25, 0.3) is 5.91 Å². The first kappa shape index (κ1) is 21.8. The quantitative estimate of drug-likeness (QED) is 0.660. The SMILES string of the molecule is COCCCn1c(C)c(C)c(C#N)c1NC(=O)C[NH+]1CC=C(c2ccccc2)CC1. The molecule has 0 saturated heterocycles. The normalized spacial score (nSPS) is 16.1. The molecule has 2 aromatic rings. The third kappa shape index (κ3) is 4.99. The van der Waals surface area contributed by atoms with E-state index >= 15 is 0 Å². The van der Waals surface area contributed by atoms with Crippen molar-refractivity contribution in [3.8, 4) is 6.07 Å². The Morgan fingerprint density at radius 1 is 1.30 bits per heavy atom. The molecule has 158 valence electrons. The van der Waals surface area contributed by atoms with Crippen LogP contribution in [0.5, 0.6) is 0 Å². The summed E-state index contributed by atoms with van der Waals surface area (Å²) in [6.07, 6.45) is 4.02. The molecule has 1 aromatic heterocycles. The van der Waals surface area contributed by atoms with Crippen LogP contribution in [-0.2, 0) is 16.1 Å². The number of amides is 1. The van der Waals surface area contributed by atoms with E-state index in [1.54, 1.807) is 7.11 Å². The number of hydrogen-bond acceptors (Lipinski definition) is 3. The van der Waals surface area contributed by atoms with Crippen LogP contribution in [0.1, 0.15) is 35.2 Å². The number of hydrogen-bond donors (Lipinski definition) is 2. The Kier molecular flexibility index (Phi) is 7.45. The highest BCUT2D eigenvalue weighted by Crippen LogP contribution is 2.26. The number of carbonyl (C=O) groups excluding carboxylic acids is 1. The van der Waals surface area contributed by atoms with Crippen LogP contribution in [0.3, 0.4) is 0 Å². The average molecular weight is 408 g/mol. The molecule has 1 unspecified atom stereocenters. The zero-order valence-electron chi connectivity index (χ0n) is 18.1. The Bertz CT molecular complexity index is 954. The van der Waals surface area contributed by atoms with E-state index in [0.717, 1.165) is 37.2 Å². The van der Waals surface area contributed by atoms with Crippen molar-refractivity contribution >= 4 is 17.3 Å². The molecule has 2 N–H and O–H groups in total. The zero-order chi connectivity index (χ0) is 21.5. The van der Waals surface area contributed by atoms with E-state index in [0.29, 0.717) is 31.1 Å². The molecule has 1 atom stereocenters. The molecule has 3 rings (SSSR count). The Morgan fingerprint density at radius 2 is 2.07 bits per heavy atom. The average Bonchev–Trinajstić information content (AvgIpc) is 2.98. The summed E-state index contributed by atoms with van der Waals surface area (Å²) >= 11 is 0. The molecular weight excluding hydrogens is 376 g/mol. The third-order valence-electron chi connectivity index (χ3n) is 5.87. The van der Waals surface area contributed by atoms with Gasteiger partial charge in [0.15, 0.2) is 6.54 Å². The lowest BCUT2D eigenvalue weighted by atomic mass is 10.00. The van der Waals surface area contributed by atoms with Crippen molar-refractivity contribution in [2.45, 2.75) is 33.2 Å². The Balaban J connectivity index is 1.66. The van der Waals surface area contributed by atoms with E-state index in [1.807, 2.05) is 24.5 Å². The third-order valence-corrected chi connectivity index (χ3v) is 5.87. The molecule has 0 bridgehead atoms. The number of ether oxygens (including phenoxy) is 1. The number of aromatic nitrogens is 1. The summed E-state index contributed by atoms with van der Waals surface area (Å²) in [6.45, 7) is 7.41. The van der Waals surface area contributed by atoms with Gasteiger partial charge >= 0.3 is 0 Å². The number of nitrogens with one attached hydrogen (secondary N) is 2. The fourth-order valence-corrected chi connectivity index (χ4v) is 4.04. The molecule has 0 saturated carbocycles. The minimum Gasteiger partial charge on any atom is -0.385 e. The van der Waals surface area contributed by atoms with E-state index in [1.165, 1.54) is 16.0 Å². The lowest BCUT2D eigenvalue weighted by Crippen LogP contribution is -3.13. The minimum atomic E-state index is -0.0523. The number of anilines is 1. The maximum absolute atomic E-state index is 12.8. The van der Waals surface area contributed by atoms with Gasteiger partial charge in [-0.05, 0) is 43.0 Å². The molecule has 1 aliphatic rings. The molecule has 30 heavy (non-hydrogen) atoms. The largest absolute Gasteiger partial charge is 0.385 e. The number of nitrogens with zero attached hydrogens (tertiary/aromatic N) is 2. The van der Waals surface area contributed by atoms with Crippen LogP contribution in [-0.4, -0.2) is 43.8 Å². The van der Waals surface area contributed by atoms with Gasteiger partial charge in [-0.15, -0.1) is 0 Å². The summed E-state index contributed by atoms with van der Waals surface area (Å²) in [5, 5.41) is 12.7. The summed E-state index contributed by atoms with van der Waals surface area (Å²) < 4.78 is 7.19. The number of benzene rings is 1. The molecule has 1 aliphatic heterocycles. The highest BCUT2D eigenvalue weighted by atomic mass is 16.5. The van der Waals surface area contributed by atoms with Gasteiger partial charge in [-0.25, -0.2) is 0 Å². The molecule has 0 radical (unpaired) electrons. The van der Waals surface area contributed by atoms with Crippen LogP contribution in [0, 0.1) is 25.2 Å². The van der Waals surface area contributed by atoms with Crippen molar-refractivity contribution in [3.63, 3.8) is 0 Å². The van der Waals surface area contributed by atoms with Gasteiger partial charge in [0, 0.05) is 32.4 Å². The van der Waals surface area contributed by atoms with Gasteiger partial charge in [-0.2, -0.15) is 5.26 Å². The minimum absolute atomic E-state index is 0.0523. The van der Waals surface area contributed by atoms with Crippen LogP contribution >= 0.6 is 0 Å². The summed E-state index contributed by atoms with van der Waals surface area (Å²) in [6, 6.07) is 12.7. The zero-order valence-corrected chi connectivity index (χ0v) is 18.1. The van der Waals surface area contributed by atoms with E-state index in [9.17, 15) is 10.1 Å². The van der Waals surface area contributed by atoms with Crippen molar-refractivity contribution < 1.29 is 14.4 Å². The molecule has 0 aliphatic carbocycles. The van der Waals surface area contributed by atoms with Crippen molar-refractivity contribution in [3.05, 3.63) is 58.8 Å². The van der Waals surface area contributed by atoms with E-state index < -0.39 is 0 Å². The maximum atomic E-state index is 12.8. The second kappa shape index (κ2) is 10.2. The molecule has 2 heterocycles. The molecule has 0 spiro atoms. The van der Waals surface area contributed by atoms with Gasteiger partial charge in [0.2, 0.25) is 0 Å².